The van der Waals surface area contributed by atoms with Crippen molar-refractivity contribution in [2.24, 2.45) is 5.10 Å². The monoisotopic (exact) mass is 303 g/mol. The predicted octanol–water partition coefficient (Wildman–Crippen LogP) is 3.97. The van der Waals surface area contributed by atoms with E-state index >= 15 is 0 Å². The maximum Gasteiger partial charge on any atom is 0.191 e. The summed E-state index contributed by atoms with van der Waals surface area (Å²) in [4.78, 5) is 0. The molecule has 0 heterocycles. The number of halogens is 1. The van der Waals surface area contributed by atoms with Crippen LogP contribution in [-0.2, 0) is 0 Å². The van der Waals surface area contributed by atoms with Crippen LogP contribution in [-0.4, -0.2) is 11.3 Å². The Kier molecular flexibility index (Phi) is 5.09. The first kappa shape index (κ1) is 14.5. The van der Waals surface area contributed by atoms with Crippen LogP contribution in [0.2, 0.25) is 5.02 Å². The van der Waals surface area contributed by atoms with Crippen molar-refractivity contribution < 1.29 is 0 Å². The number of hydrogen-bond donors (Lipinski definition) is 2. The summed E-state index contributed by atoms with van der Waals surface area (Å²) in [5, 5.41) is 8.32. The number of benzene rings is 2. The van der Waals surface area contributed by atoms with Gasteiger partial charge in [-0.15, -0.1) is 0 Å². The number of aryl methyl sites for hydroxylation is 1. The normalized spacial score (nSPS) is 10.5. The van der Waals surface area contributed by atoms with Crippen molar-refractivity contribution in [2.75, 3.05) is 5.32 Å². The number of hydrogen-bond acceptors (Lipinski definition) is 2. The minimum absolute atomic E-state index is 0.449. The predicted molar refractivity (Wildman–Crippen MR) is 89.6 cm³/mol. The molecule has 0 spiro atoms. The lowest BCUT2D eigenvalue weighted by atomic mass is 10.2. The molecule has 0 aliphatic carbocycles. The second kappa shape index (κ2) is 7.03. The maximum absolute atomic E-state index is 5.81. The zero-order chi connectivity index (χ0) is 14.4. The van der Waals surface area contributed by atoms with Crippen molar-refractivity contribution in [3.05, 3.63) is 64.7 Å². The Morgan fingerprint density at radius 1 is 1.15 bits per heavy atom. The number of para-hydroxylation sites is 1. The van der Waals surface area contributed by atoms with Crippen molar-refractivity contribution in [1.82, 2.24) is 5.43 Å². The van der Waals surface area contributed by atoms with Gasteiger partial charge in [0.2, 0.25) is 0 Å². The fourth-order valence-electron chi connectivity index (χ4n) is 1.58. The van der Waals surface area contributed by atoms with Crippen molar-refractivity contribution in [2.45, 2.75) is 6.92 Å². The van der Waals surface area contributed by atoms with E-state index in [0.717, 1.165) is 16.8 Å². The van der Waals surface area contributed by atoms with E-state index < -0.39 is 0 Å². The first-order valence-electron chi connectivity index (χ1n) is 6.06. The van der Waals surface area contributed by atoms with Crippen LogP contribution in [0.15, 0.2) is 53.6 Å². The second-order valence-electron chi connectivity index (χ2n) is 4.19. The van der Waals surface area contributed by atoms with Crippen LogP contribution < -0.4 is 10.7 Å². The Morgan fingerprint density at radius 3 is 2.55 bits per heavy atom. The van der Waals surface area contributed by atoms with Crippen LogP contribution in [0.3, 0.4) is 0 Å². The Morgan fingerprint density at radius 2 is 1.85 bits per heavy atom. The molecule has 0 amide bonds. The van der Waals surface area contributed by atoms with Gasteiger partial charge in [-0.1, -0.05) is 41.9 Å². The highest BCUT2D eigenvalue weighted by molar-refractivity contribution is 7.80. The SMILES string of the molecule is Cc1ccccc1NC(=S)N/N=C\c1ccc(Cl)cc1. The zero-order valence-electron chi connectivity index (χ0n) is 10.9. The third kappa shape index (κ3) is 4.33. The van der Waals surface area contributed by atoms with Crippen LogP contribution in [0, 0.1) is 6.92 Å². The van der Waals surface area contributed by atoms with Crippen LogP contribution in [0.1, 0.15) is 11.1 Å². The van der Waals surface area contributed by atoms with Gasteiger partial charge in [-0.05, 0) is 48.5 Å². The lowest BCUT2D eigenvalue weighted by Crippen LogP contribution is -2.24. The van der Waals surface area contributed by atoms with Gasteiger partial charge in [0, 0.05) is 10.7 Å². The number of nitrogens with one attached hydrogen (secondary N) is 2. The first-order chi connectivity index (χ1) is 9.65. The molecule has 0 aliphatic heterocycles. The van der Waals surface area contributed by atoms with Gasteiger partial charge in [-0.3, -0.25) is 5.43 Å². The van der Waals surface area contributed by atoms with Crippen LogP contribution in [0.5, 0.6) is 0 Å². The Labute approximate surface area is 128 Å². The second-order valence-corrected chi connectivity index (χ2v) is 5.04. The van der Waals surface area contributed by atoms with E-state index in [2.05, 4.69) is 15.8 Å². The number of rotatable bonds is 3. The van der Waals surface area contributed by atoms with Gasteiger partial charge in [-0.2, -0.15) is 5.10 Å². The summed E-state index contributed by atoms with van der Waals surface area (Å²) in [6.07, 6.45) is 1.68. The fraction of sp³-hybridized carbons (Fsp3) is 0.0667. The van der Waals surface area contributed by atoms with E-state index in [0.29, 0.717) is 10.1 Å². The van der Waals surface area contributed by atoms with Crippen molar-refractivity contribution >= 4 is 40.8 Å². The number of nitrogens with zero attached hydrogens (tertiary/aromatic N) is 1. The molecule has 0 atom stereocenters. The van der Waals surface area contributed by atoms with E-state index in [9.17, 15) is 0 Å². The molecule has 2 aromatic rings. The summed E-state index contributed by atoms with van der Waals surface area (Å²) in [6.45, 7) is 2.02. The van der Waals surface area contributed by atoms with E-state index in [1.165, 1.54) is 0 Å². The van der Waals surface area contributed by atoms with Crippen molar-refractivity contribution in [1.29, 1.82) is 0 Å². The highest BCUT2D eigenvalue weighted by Gasteiger charge is 1.98. The average molecular weight is 304 g/mol. The maximum atomic E-state index is 5.81. The summed E-state index contributed by atoms with van der Waals surface area (Å²) < 4.78 is 0. The van der Waals surface area contributed by atoms with Gasteiger partial charge in [0.05, 0.1) is 6.21 Å². The van der Waals surface area contributed by atoms with Crippen LogP contribution >= 0.6 is 23.8 Å². The van der Waals surface area contributed by atoms with Crippen LogP contribution in [0.4, 0.5) is 5.69 Å². The summed E-state index contributed by atoms with van der Waals surface area (Å²) in [7, 11) is 0. The van der Waals surface area contributed by atoms with E-state index in [1.54, 1.807) is 6.21 Å². The fourth-order valence-corrected chi connectivity index (χ4v) is 1.87. The van der Waals surface area contributed by atoms with Gasteiger partial charge >= 0.3 is 0 Å². The first-order valence-corrected chi connectivity index (χ1v) is 6.85. The molecule has 0 aliphatic rings. The smallest absolute Gasteiger partial charge is 0.191 e. The molecule has 2 aromatic carbocycles. The standard InChI is InChI=1S/C15H14ClN3S/c1-11-4-2-3-5-14(11)18-15(20)19-17-10-12-6-8-13(16)9-7-12/h2-10H,1H3,(H2,18,19,20)/b17-10-. The van der Waals surface area contributed by atoms with Gasteiger partial charge in [0.1, 0.15) is 0 Å². The Hall–Kier alpha value is -1.91. The summed E-state index contributed by atoms with van der Waals surface area (Å²) in [5.41, 5.74) is 5.81. The van der Waals surface area contributed by atoms with Crippen molar-refractivity contribution in [3.63, 3.8) is 0 Å². The molecule has 0 saturated heterocycles. The highest BCUT2D eigenvalue weighted by Crippen LogP contribution is 2.12. The number of anilines is 1. The van der Waals surface area contributed by atoms with Crippen molar-refractivity contribution in [3.8, 4) is 0 Å². The molecule has 3 nitrogen and oxygen atoms in total. The molecule has 5 heteroatoms. The van der Waals surface area contributed by atoms with Gasteiger partial charge in [0.15, 0.2) is 5.11 Å². The summed E-state index contributed by atoms with van der Waals surface area (Å²) >= 11 is 11.0. The molecule has 0 bridgehead atoms. The lowest BCUT2D eigenvalue weighted by Gasteiger charge is -2.09. The quantitative estimate of drug-likeness (QED) is 0.512. The molecule has 2 rings (SSSR count). The van der Waals surface area contributed by atoms with E-state index in [4.69, 9.17) is 23.8 Å². The van der Waals surface area contributed by atoms with E-state index in [-0.39, 0.29) is 0 Å². The molecule has 0 aromatic heterocycles. The Balaban J connectivity index is 1.89. The van der Waals surface area contributed by atoms with E-state index in [1.807, 2.05) is 55.5 Å². The molecule has 2 N–H and O–H groups in total. The minimum Gasteiger partial charge on any atom is -0.331 e. The molecule has 0 radical (unpaired) electrons. The van der Waals surface area contributed by atoms with Gasteiger partial charge in [-0.25, -0.2) is 0 Å². The Bertz CT molecular complexity index is 623. The third-order valence-corrected chi connectivity index (χ3v) is 3.09. The van der Waals surface area contributed by atoms with Gasteiger partial charge < -0.3 is 5.32 Å². The minimum atomic E-state index is 0.449. The molecule has 0 unspecified atom stereocenters. The number of hydrazone groups is 1. The lowest BCUT2D eigenvalue weighted by molar-refractivity contribution is 1.05. The molecular formula is C15H14ClN3S. The topological polar surface area (TPSA) is 36.4 Å². The molecule has 102 valence electrons. The molecular weight excluding hydrogens is 290 g/mol. The summed E-state index contributed by atoms with van der Waals surface area (Å²) in [6, 6.07) is 15.3. The largest absolute Gasteiger partial charge is 0.331 e. The third-order valence-electron chi connectivity index (χ3n) is 2.64. The number of thiocarbonyl (C=S) groups is 1. The summed E-state index contributed by atoms with van der Waals surface area (Å²) in [5.74, 6) is 0. The van der Waals surface area contributed by atoms with Crippen LogP contribution in [0.25, 0.3) is 0 Å². The van der Waals surface area contributed by atoms with Gasteiger partial charge in [0.25, 0.3) is 0 Å². The zero-order valence-corrected chi connectivity index (χ0v) is 12.5. The molecule has 0 saturated carbocycles. The average Bonchev–Trinajstić information content (AvgIpc) is 2.44. The molecule has 0 fully saturated rings. The molecule has 20 heavy (non-hydrogen) atoms. The highest BCUT2D eigenvalue weighted by atomic mass is 35.5.